The minimum Gasteiger partial charge on any atom is -0.371 e. The fraction of sp³-hybridized carbons (Fsp3) is 0.571. The third-order valence-corrected chi connectivity index (χ3v) is 4.01. The van der Waals surface area contributed by atoms with Crippen LogP contribution in [-0.4, -0.2) is 19.7 Å². The molecule has 1 heterocycles. The zero-order chi connectivity index (χ0) is 13.0. The summed E-state index contributed by atoms with van der Waals surface area (Å²) in [6, 6.07) is 6.11. The van der Waals surface area contributed by atoms with Crippen molar-refractivity contribution in [1.82, 2.24) is 0 Å². The molecule has 1 saturated heterocycles. The van der Waals surface area contributed by atoms with E-state index in [9.17, 15) is 0 Å². The maximum atomic E-state index is 6.08. The van der Waals surface area contributed by atoms with Crippen LogP contribution in [0.15, 0.2) is 18.2 Å². The third-order valence-electron chi connectivity index (χ3n) is 3.77. The SMILES string of the molecule is Cc1ccc(Cl)cc1N1CCC(CCON)CC1. The molecule has 0 radical (unpaired) electrons. The van der Waals surface area contributed by atoms with Crippen LogP contribution in [0.1, 0.15) is 24.8 Å². The van der Waals surface area contributed by atoms with Gasteiger partial charge in [0.25, 0.3) is 0 Å². The van der Waals surface area contributed by atoms with E-state index in [0.717, 1.165) is 30.5 Å². The molecule has 1 fully saturated rings. The lowest BCUT2D eigenvalue weighted by molar-refractivity contribution is 0.118. The average molecular weight is 269 g/mol. The van der Waals surface area contributed by atoms with E-state index < -0.39 is 0 Å². The van der Waals surface area contributed by atoms with Crippen LogP contribution >= 0.6 is 11.6 Å². The van der Waals surface area contributed by atoms with Gasteiger partial charge in [-0.25, -0.2) is 5.90 Å². The van der Waals surface area contributed by atoms with Gasteiger partial charge in [0, 0.05) is 23.8 Å². The van der Waals surface area contributed by atoms with E-state index in [1.807, 2.05) is 6.07 Å². The first-order valence-electron chi connectivity index (χ1n) is 6.53. The summed E-state index contributed by atoms with van der Waals surface area (Å²) in [5, 5.41) is 0.814. The molecule has 1 aliphatic rings. The predicted molar refractivity (Wildman–Crippen MR) is 75.9 cm³/mol. The molecule has 0 unspecified atom stereocenters. The number of nitrogens with two attached hydrogens (primary N) is 1. The molecule has 100 valence electrons. The van der Waals surface area contributed by atoms with Crippen LogP contribution in [0.3, 0.4) is 0 Å². The number of halogens is 1. The average Bonchev–Trinajstić information content (AvgIpc) is 2.40. The van der Waals surface area contributed by atoms with E-state index in [1.165, 1.54) is 24.1 Å². The summed E-state index contributed by atoms with van der Waals surface area (Å²) < 4.78 is 0. The topological polar surface area (TPSA) is 38.5 Å². The Morgan fingerprint density at radius 2 is 2.11 bits per heavy atom. The second-order valence-corrected chi connectivity index (χ2v) is 5.46. The second-order valence-electron chi connectivity index (χ2n) is 5.02. The summed E-state index contributed by atoms with van der Waals surface area (Å²) in [6.07, 6.45) is 3.48. The van der Waals surface area contributed by atoms with E-state index in [0.29, 0.717) is 6.61 Å². The highest BCUT2D eigenvalue weighted by atomic mass is 35.5. The summed E-state index contributed by atoms with van der Waals surface area (Å²) in [5.41, 5.74) is 2.57. The Morgan fingerprint density at radius 1 is 1.39 bits per heavy atom. The van der Waals surface area contributed by atoms with Crippen LogP contribution in [0.2, 0.25) is 5.02 Å². The largest absolute Gasteiger partial charge is 0.371 e. The molecule has 4 heteroatoms. The quantitative estimate of drug-likeness (QED) is 0.853. The summed E-state index contributed by atoms with van der Waals surface area (Å²) in [5.74, 6) is 5.82. The first-order chi connectivity index (χ1) is 8.70. The van der Waals surface area contributed by atoms with Gasteiger partial charge in [-0.2, -0.15) is 0 Å². The van der Waals surface area contributed by atoms with Crippen molar-refractivity contribution in [2.45, 2.75) is 26.2 Å². The lowest BCUT2D eigenvalue weighted by atomic mass is 9.93. The second kappa shape index (κ2) is 6.41. The maximum absolute atomic E-state index is 6.08. The van der Waals surface area contributed by atoms with Crippen molar-refractivity contribution in [3.05, 3.63) is 28.8 Å². The Morgan fingerprint density at radius 3 is 2.78 bits per heavy atom. The lowest BCUT2D eigenvalue weighted by Gasteiger charge is -2.34. The van der Waals surface area contributed by atoms with E-state index in [-0.39, 0.29) is 0 Å². The number of anilines is 1. The van der Waals surface area contributed by atoms with E-state index in [1.54, 1.807) is 0 Å². The predicted octanol–water partition coefficient (Wildman–Crippen LogP) is 3.15. The van der Waals surface area contributed by atoms with Gasteiger partial charge in [0.15, 0.2) is 0 Å². The monoisotopic (exact) mass is 268 g/mol. The van der Waals surface area contributed by atoms with Crippen LogP contribution in [0.4, 0.5) is 5.69 Å². The van der Waals surface area contributed by atoms with Crippen molar-refractivity contribution >= 4 is 17.3 Å². The summed E-state index contributed by atoms with van der Waals surface area (Å²) in [4.78, 5) is 7.09. The summed E-state index contributed by atoms with van der Waals surface area (Å²) in [6.45, 7) is 4.99. The minimum absolute atomic E-state index is 0.668. The molecule has 0 aromatic heterocycles. The van der Waals surface area contributed by atoms with Gasteiger partial charge in [-0.1, -0.05) is 17.7 Å². The lowest BCUT2D eigenvalue weighted by Crippen LogP contribution is -2.34. The van der Waals surface area contributed by atoms with Crippen LogP contribution in [0.25, 0.3) is 0 Å². The molecular formula is C14H21ClN2O. The third kappa shape index (κ3) is 3.37. The van der Waals surface area contributed by atoms with Crippen molar-refractivity contribution in [3.8, 4) is 0 Å². The number of nitrogens with zero attached hydrogens (tertiary/aromatic N) is 1. The fourth-order valence-electron chi connectivity index (χ4n) is 2.62. The Kier molecular flexibility index (Phi) is 4.87. The van der Waals surface area contributed by atoms with E-state index >= 15 is 0 Å². The highest BCUT2D eigenvalue weighted by Crippen LogP contribution is 2.29. The van der Waals surface area contributed by atoms with Crippen LogP contribution in [-0.2, 0) is 4.84 Å². The smallest absolute Gasteiger partial charge is 0.0681 e. The first-order valence-corrected chi connectivity index (χ1v) is 6.91. The van der Waals surface area contributed by atoms with E-state index in [2.05, 4.69) is 28.8 Å². The molecule has 0 atom stereocenters. The molecule has 1 aromatic carbocycles. The van der Waals surface area contributed by atoms with Gasteiger partial charge in [0.2, 0.25) is 0 Å². The summed E-state index contributed by atoms with van der Waals surface area (Å²) in [7, 11) is 0. The molecule has 2 rings (SSSR count). The van der Waals surface area contributed by atoms with Crippen molar-refractivity contribution in [1.29, 1.82) is 0 Å². The summed E-state index contributed by atoms with van der Waals surface area (Å²) >= 11 is 6.08. The zero-order valence-corrected chi connectivity index (χ0v) is 11.6. The molecule has 0 bridgehead atoms. The van der Waals surface area contributed by atoms with Gasteiger partial charge in [-0.05, 0) is 49.8 Å². The molecule has 1 aliphatic heterocycles. The normalized spacial score (nSPS) is 17.2. The molecule has 2 N–H and O–H groups in total. The Bertz CT molecular complexity index is 389. The Hall–Kier alpha value is -0.770. The standard InChI is InChI=1S/C14H21ClN2O/c1-11-2-3-13(15)10-14(11)17-7-4-12(5-8-17)6-9-18-16/h2-3,10,12H,4-9,16H2,1H3. The van der Waals surface area contributed by atoms with Crippen LogP contribution < -0.4 is 10.8 Å². The number of hydrogen-bond donors (Lipinski definition) is 1. The van der Waals surface area contributed by atoms with Gasteiger partial charge in [0.1, 0.15) is 0 Å². The molecule has 18 heavy (non-hydrogen) atoms. The molecule has 0 saturated carbocycles. The number of benzene rings is 1. The van der Waals surface area contributed by atoms with Crippen molar-refractivity contribution in [2.24, 2.45) is 11.8 Å². The highest BCUT2D eigenvalue weighted by Gasteiger charge is 2.20. The van der Waals surface area contributed by atoms with Gasteiger partial charge in [-0.15, -0.1) is 0 Å². The maximum Gasteiger partial charge on any atom is 0.0681 e. The molecule has 3 nitrogen and oxygen atoms in total. The molecule has 0 spiro atoms. The van der Waals surface area contributed by atoms with E-state index in [4.69, 9.17) is 17.5 Å². The fourth-order valence-corrected chi connectivity index (χ4v) is 2.79. The van der Waals surface area contributed by atoms with Crippen molar-refractivity contribution < 1.29 is 4.84 Å². The minimum atomic E-state index is 0.668. The van der Waals surface area contributed by atoms with Gasteiger partial charge >= 0.3 is 0 Å². The van der Waals surface area contributed by atoms with Gasteiger partial charge < -0.3 is 9.74 Å². The number of hydrogen-bond acceptors (Lipinski definition) is 3. The number of piperidine rings is 1. The Labute approximate surface area is 114 Å². The van der Waals surface area contributed by atoms with Crippen molar-refractivity contribution in [2.75, 3.05) is 24.6 Å². The van der Waals surface area contributed by atoms with Crippen LogP contribution in [0, 0.1) is 12.8 Å². The van der Waals surface area contributed by atoms with Gasteiger partial charge in [0.05, 0.1) is 6.61 Å². The zero-order valence-electron chi connectivity index (χ0n) is 10.9. The van der Waals surface area contributed by atoms with Crippen LogP contribution in [0.5, 0.6) is 0 Å². The highest BCUT2D eigenvalue weighted by molar-refractivity contribution is 6.30. The van der Waals surface area contributed by atoms with Gasteiger partial charge in [-0.3, -0.25) is 0 Å². The first kappa shape index (κ1) is 13.7. The molecule has 1 aromatic rings. The molecule has 0 aliphatic carbocycles. The number of aryl methyl sites for hydroxylation is 1. The van der Waals surface area contributed by atoms with Crippen molar-refractivity contribution in [3.63, 3.8) is 0 Å². The molecular weight excluding hydrogens is 248 g/mol. The molecule has 0 amide bonds. The number of rotatable bonds is 4. The Balaban J connectivity index is 1.94.